The molecule has 466 valence electrons. The Balaban J connectivity index is 0.0000000854. The van der Waals surface area contributed by atoms with Crippen molar-refractivity contribution < 1.29 is 0 Å². The summed E-state index contributed by atoms with van der Waals surface area (Å²) in [7, 11) is 0. The van der Waals surface area contributed by atoms with E-state index in [0.29, 0.717) is 0 Å². The molecule has 98 heavy (non-hydrogen) atoms. The molecular formula is C93H69N5. The van der Waals surface area contributed by atoms with Crippen LogP contribution < -0.4 is 0 Å². The van der Waals surface area contributed by atoms with Gasteiger partial charge in [0.25, 0.3) is 0 Å². The Morgan fingerprint density at radius 1 is 0.214 bits per heavy atom. The molecule has 0 saturated heterocycles. The van der Waals surface area contributed by atoms with Gasteiger partial charge in [-0.15, -0.1) is 0 Å². The molecule has 5 heteroatoms. The highest BCUT2D eigenvalue weighted by molar-refractivity contribution is 5.98. The van der Waals surface area contributed by atoms with E-state index in [1.54, 1.807) is 29.1 Å². The van der Waals surface area contributed by atoms with Crippen LogP contribution in [0.1, 0.15) is 90.9 Å². The maximum Gasteiger partial charge on any atom is 0.0923 e. The molecule has 0 unspecified atom stereocenters. The number of benzene rings is 12. The van der Waals surface area contributed by atoms with Crippen molar-refractivity contribution in [2.75, 3.05) is 0 Å². The average Bonchev–Trinajstić information content (AvgIpc) is 0.921. The Hall–Kier alpha value is -11.8. The fourth-order valence-corrected chi connectivity index (χ4v) is 16.6. The predicted molar refractivity (Wildman–Crippen MR) is 404 cm³/mol. The summed E-state index contributed by atoms with van der Waals surface area (Å²) in [6.45, 7) is 0. The second kappa shape index (κ2) is 25.4. The van der Waals surface area contributed by atoms with Crippen LogP contribution >= 0.6 is 0 Å². The first-order valence-corrected chi connectivity index (χ1v) is 34.6. The van der Waals surface area contributed by atoms with E-state index in [1.807, 2.05) is 43.1 Å². The lowest BCUT2D eigenvalue weighted by molar-refractivity contribution is 0.681. The monoisotopic (exact) mass is 1260 g/mol. The highest BCUT2D eigenvalue weighted by Crippen LogP contribution is 2.45. The fourth-order valence-electron chi connectivity index (χ4n) is 16.6. The molecule has 7 aliphatic carbocycles. The summed E-state index contributed by atoms with van der Waals surface area (Å²) in [6.07, 6.45) is 24.7. The zero-order valence-electron chi connectivity index (χ0n) is 54.6. The Labute approximate surface area is 572 Å². The van der Waals surface area contributed by atoms with Crippen molar-refractivity contribution in [1.29, 1.82) is 0 Å². The fraction of sp³-hybridized carbons (Fsp3) is 0.108. The van der Waals surface area contributed by atoms with Crippen LogP contribution in [-0.4, -0.2) is 24.9 Å². The summed E-state index contributed by atoms with van der Waals surface area (Å²) in [5.74, 6) is 0. The van der Waals surface area contributed by atoms with Gasteiger partial charge in [0.1, 0.15) is 0 Å². The average molecular weight is 1260 g/mol. The largest absolute Gasteiger partial charge is 0.264 e. The standard InChI is InChI=1S/C17H16.C17H12.3C16H11N.C11H8N2/c2*1-3-7-14-12(5-1)9-10-16-15-8-4-2-6-13(15)11-17(14)16;1-2-6-13-12(4-1)10-15-14(13)8-7-11-5-3-9-17-16(11)15;1-2-4-13-12(3-1)9-15-14(13)6-5-11-7-8-17-10-16(11)15;1-2-4-13-11(3-1)9-16-14-7-8-17-10-12(14)5-6-15(13)16;1-2-4-9-8(3-1)7-10-11(9)13-6-5-12-10/h2,4,6,8-10H,1,3,5,7,11H2;1-10H,11H2;1-9H,10H2;2*1-8,10H,9H2;1-6H,7H2. The predicted octanol–water partition coefficient (Wildman–Crippen LogP) is 22.0. The van der Waals surface area contributed by atoms with Crippen molar-refractivity contribution >= 4 is 43.2 Å². The van der Waals surface area contributed by atoms with Gasteiger partial charge in [-0.2, -0.15) is 0 Å². The molecule has 0 aliphatic heterocycles. The van der Waals surface area contributed by atoms with Gasteiger partial charge in [-0.05, 0) is 219 Å². The molecule has 5 nitrogen and oxygen atoms in total. The number of hydrogen-bond donors (Lipinski definition) is 0. The van der Waals surface area contributed by atoms with Crippen LogP contribution in [-0.2, 0) is 51.4 Å². The minimum absolute atomic E-state index is 0.930. The first kappa shape index (κ1) is 58.8. The van der Waals surface area contributed by atoms with Gasteiger partial charge in [0.15, 0.2) is 0 Å². The van der Waals surface area contributed by atoms with E-state index in [-0.39, 0.29) is 0 Å². The zero-order valence-corrected chi connectivity index (χ0v) is 54.6. The Bertz CT molecular complexity index is 5240. The summed E-state index contributed by atoms with van der Waals surface area (Å²) < 4.78 is 0. The van der Waals surface area contributed by atoms with Crippen LogP contribution in [0.3, 0.4) is 0 Å². The molecule has 12 aromatic carbocycles. The lowest BCUT2D eigenvalue weighted by Gasteiger charge is -2.19. The molecule has 0 radical (unpaired) electrons. The first-order valence-electron chi connectivity index (χ1n) is 34.6. The van der Waals surface area contributed by atoms with Crippen LogP contribution in [0.5, 0.6) is 0 Å². The number of hydrogen-bond acceptors (Lipinski definition) is 5. The number of rotatable bonds is 0. The Morgan fingerprint density at radius 2 is 0.643 bits per heavy atom. The molecule has 4 heterocycles. The van der Waals surface area contributed by atoms with E-state index < -0.39 is 0 Å². The molecule has 16 aromatic rings. The van der Waals surface area contributed by atoms with E-state index in [0.717, 1.165) is 55.4 Å². The van der Waals surface area contributed by atoms with Gasteiger partial charge in [0.05, 0.1) is 16.9 Å². The molecule has 0 amide bonds. The van der Waals surface area contributed by atoms with Crippen molar-refractivity contribution in [1.82, 2.24) is 24.9 Å². The topological polar surface area (TPSA) is 64.5 Å². The molecule has 0 saturated carbocycles. The van der Waals surface area contributed by atoms with Crippen LogP contribution in [0.25, 0.3) is 110 Å². The number of aromatic nitrogens is 5. The van der Waals surface area contributed by atoms with Gasteiger partial charge in [-0.25, -0.2) is 0 Å². The van der Waals surface area contributed by atoms with E-state index >= 15 is 0 Å². The number of nitrogens with zero attached hydrogens (tertiary/aromatic N) is 5. The Morgan fingerprint density at radius 3 is 1.28 bits per heavy atom. The van der Waals surface area contributed by atoms with Crippen LogP contribution in [0.15, 0.2) is 298 Å². The SMILES string of the molecule is c1ccc2c(c1)Cc1c-2ccc2c1CCCC2.c1ccc2c(c1)Cc1c-2ccc2ccccc12.c1ccc2c(c1)Cc1c-2ccc2cccnc12.c1ccc2c(c1)Cc1c-2ccc2ccncc12.c1ccc2c(c1)Cc1c-2ccc2cnccc12.c1ccc2c(c1)Cc1nccnc1-2. The molecule has 0 spiro atoms. The summed E-state index contributed by atoms with van der Waals surface area (Å²) in [5, 5.41) is 9.14. The number of aryl methyl sites for hydroxylation is 1. The molecule has 23 rings (SSSR count). The van der Waals surface area contributed by atoms with Crippen molar-refractivity contribution in [2.24, 2.45) is 0 Å². The molecule has 0 N–H and O–H groups in total. The van der Waals surface area contributed by atoms with Crippen LogP contribution in [0, 0.1) is 0 Å². The van der Waals surface area contributed by atoms with Crippen molar-refractivity contribution in [3.05, 3.63) is 376 Å². The van der Waals surface area contributed by atoms with Crippen molar-refractivity contribution in [2.45, 2.75) is 64.2 Å². The summed E-state index contributed by atoms with van der Waals surface area (Å²) in [5.41, 5.74) is 37.9. The molecule has 0 atom stereocenters. The molecule has 7 aliphatic rings. The lowest BCUT2D eigenvalue weighted by Crippen LogP contribution is -2.05. The molecular weight excluding hydrogens is 1190 g/mol. The minimum atomic E-state index is 0.930. The van der Waals surface area contributed by atoms with Gasteiger partial charge in [0.2, 0.25) is 0 Å². The van der Waals surface area contributed by atoms with Gasteiger partial charge in [-0.3, -0.25) is 24.9 Å². The number of fused-ring (bicyclic) bond motifs is 28. The third-order valence-electron chi connectivity index (χ3n) is 21.2. The maximum absolute atomic E-state index is 4.54. The van der Waals surface area contributed by atoms with Crippen LogP contribution in [0.4, 0.5) is 0 Å². The quantitative estimate of drug-likeness (QED) is 0.151. The highest BCUT2D eigenvalue weighted by Gasteiger charge is 2.26. The summed E-state index contributed by atoms with van der Waals surface area (Å²) in [4.78, 5) is 21.6. The van der Waals surface area contributed by atoms with E-state index in [4.69, 9.17) is 0 Å². The van der Waals surface area contributed by atoms with E-state index in [2.05, 4.69) is 268 Å². The van der Waals surface area contributed by atoms with Crippen molar-refractivity contribution in [3.8, 4) is 66.9 Å². The summed E-state index contributed by atoms with van der Waals surface area (Å²) >= 11 is 0. The van der Waals surface area contributed by atoms with Gasteiger partial charge in [-0.1, -0.05) is 237 Å². The Kier molecular flexibility index (Phi) is 15.2. The molecule has 4 aromatic heterocycles. The second-order valence-electron chi connectivity index (χ2n) is 26.6. The minimum Gasteiger partial charge on any atom is -0.264 e. The van der Waals surface area contributed by atoms with Gasteiger partial charge in [0, 0.05) is 77.9 Å². The summed E-state index contributed by atoms with van der Waals surface area (Å²) in [6, 6.07) is 91.4. The second-order valence-corrected chi connectivity index (χ2v) is 26.6. The highest BCUT2D eigenvalue weighted by atomic mass is 14.8. The zero-order chi connectivity index (χ0) is 64.9. The smallest absolute Gasteiger partial charge is 0.0923 e. The molecule has 0 bridgehead atoms. The third kappa shape index (κ3) is 10.7. The normalized spacial score (nSPS) is 13.1. The molecule has 0 fully saturated rings. The van der Waals surface area contributed by atoms with E-state index in [9.17, 15) is 0 Å². The van der Waals surface area contributed by atoms with Crippen molar-refractivity contribution in [3.63, 3.8) is 0 Å². The van der Waals surface area contributed by atoms with E-state index in [1.165, 1.54) is 180 Å². The third-order valence-corrected chi connectivity index (χ3v) is 21.2. The lowest BCUT2D eigenvalue weighted by atomic mass is 9.86. The maximum atomic E-state index is 4.54. The van der Waals surface area contributed by atoms with Gasteiger partial charge < -0.3 is 0 Å². The van der Waals surface area contributed by atoms with Crippen LogP contribution in [0.2, 0.25) is 0 Å². The first-order chi connectivity index (χ1) is 48.6. The number of pyridine rings is 3. The van der Waals surface area contributed by atoms with Gasteiger partial charge >= 0.3 is 0 Å².